The molecule has 0 fully saturated rings. The zero-order chi connectivity index (χ0) is 12.4. The van der Waals surface area contributed by atoms with Crippen molar-refractivity contribution < 1.29 is 0 Å². The monoisotopic (exact) mass is 228 g/mol. The molecule has 5 nitrogen and oxygen atoms in total. The Kier molecular flexibility index (Phi) is 2.71. The molecule has 0 aliphatic heterocycles. The van der Waals surface area contributed by atoms with Gasteiger partial charge in [0.2, 0.25) is 0 Å². The number of nitriles is 1. The van der Waals surface area contributed by atoms with E-state index in [0.29, 0.717) is 17.7 Å². The average Bonchev–Trinajstić information content (AvgIpc) is 2.66. The number of anilines is 1. The van der Waals surface area contributed by atoms with Gasteiger partial charge < -0.3 is 5.73 Å². The molecule has 17 heavy (non-hydrogen) atoms. The number of nitrogens with one attached hydrogen (secondary N) is 1. The van der Waals surface area contributed by atoms with Crippen LogP contribution in [0.5, 0.6) is 0 Å². The first-order chi connectivity index (χ1) is 8.17. The van der Waals surface area contributed by atoms with Crippen molar-refractivity contribution in [1.29, 1.82) is 5.26 Å². The van der Waals surface area contributed by atoms with Gasteiger partial charge in [0.25, 0.3) is 5.56 Å². The van der Waals surface area contributed by atoms with Gasteiger partial charge in [-0.25, -0.2) is 4.68 Å². The molecular weight excluding hydrogens is 216 g/mol. The van der Waals surface area contributed by atoms with Crippen LogP contribution in [0.3, 0.4) is 0 Å². The standard InChI is InChI=1S/C12H12N4O/c1-2-10-11(14)12(17)16(15-10)9-5-3-8(7-13)4-6-9/h3-6,15H,2,14H2,1H3. The van der Waals surface area contributed by atoms with E-state index >= 15 is 0 Å². The van der Waals surface area contributed by atoms with E-state index in [0.717, 1.165) is 5.69 Å². The SMILES string of the molecule is CCc1[nH]n(-c2ccc(C#N)cc2)c(=O)c1N. The van der Waals surface area contributed by atoms with Crippen LogP contribution in [-0.4, -0.2) is 9.78 Å². The molecule has 2 rings (SSSR count). The molecule has 2 aromatic rings. The van der Waals surface area contributed by atoms with Crippen molar-refractivity contribution in [1.82, 2.24) is 9.78 Å². The zero-order valence-corrected chi connectivity index (χ0v) is 9.40. The number of aromatic nitrogens is 2. The molecule has 0 saturated heterocycles. The highest BCUT2D eigenvalue weighted by molar-refractivity contribution is 5.45. The molecule has 0 amide bonds. The van der Waals surface area contributed by atoms with Crippen molar-refractivity contribution in [2.24, 2.45) is 0 Å². The van der Waals surface area contributed by atoms with Gasteiger partial charge in [0.05, 0.1) is 23.0 Å². The van der Waals surface area contributed by atoms with Crippen LogP contribution in [0.15, 0.2) is 29.1 Å². The van der Waals surface area contributed by atoms with Crippen molar-refractivity contribution in [3.05, 3.63) is 45.9 Å². The summed E-state index contributed by atoms with van der Waals surface area (Å²) in [4.78, 5) is 11.8. The molecule has 1 aromatic carbocycles. The van der Waals surface area contributed by atoms with Crippen molar-refractivity contribution in [3.8, 4) is 11.8 Å². The molecule has 0 spiro atoms. The van der Waals surface area contributed by atoms with Crippen LogP contribution in [-0.2, 0) is 6.42 Å². The lowest BCUT2D eigenvalue weighted by molar-refractivity contribution is 0.819. The molecule has 0 aliphatic carbocycles. The number of aromatic amines is 1. The molecule has 0 unspecified atom stereocenters. The van der Waals surface area contributed by atoms with Gasteiger partial charge in [-0.05, 0) is 30.7 Å². The van der Waals surface area contributed by atoms with E-state index < -0.39 is 0 Å². The summed E-state index contributed by atoms with van der Waals surface area (Å²) in [5, 5.41) is 11.6. The Hall–Kier alpha value is -2.48. The fourth-order valence-electron chi connectivity index (χ4n) is 1.63. The van der Waals surface area contributed by atoms with Gasteiger partial charge >= 0.3 is 0 Å². The normalized spacial score (nSPS) is 10.1. The maximum Gasteiger partial charge on any atom is 0.294 e. The smallest absolute Gasteiger partial charge is 0.294 e. The number of nitrogens with zero attached hydrogens (tertiary/aromatic N) is 2. The predicted molar refractivity (Wildman–Crippen MR) is 64.9 cm³/mol. The minimum atomic E-state index is -0.258. The summed E-state index contributed by atoms with van der Waals surface area (Å²) in [7, 11) is 0. The molecule has 0 radical (unpaired) electrons. The molecule has 0 bridgehead atoms. The Balaban J connectivity index is 2.53. The highest BCUT2D eigenvalue weighted by atomic mass is 16.1. The summed E-state index contributed by atoms with van der Waals surface area (Å²) in [6.45, 7) is 1.92. The van der Waals surface area contributed by atoms with Gasteiger partial charge in [-0.2, -0.15) is 5.26 Å². The highest BCUT2D eigenvalue weighted by Gasteiger charge is 2.10. The summed E-state index contributed by atoms with van der Waals surface area (Å²) in [5.41, 5.74) is 7.62. The second-order valence-corrected chi connectivity index (χ2v) is 3.66. The van der Waals surface area contributed by atoms with Crippen molar-refractivity contribution in [2.45, 2.75) is 13.3 Å². The van der Waals surface area contributed by atoms with E-state index in [-0.39, 0.29) is 11.2 Å². The van der Waals surface area contributed by atoms with Gasteiger partial charge in [-0.3, -0.25) is 9.89 Å². The van der Waals surface area contributed by atoms with Crippen LogP contribution in [0.4, 0.5) is 5.69 Å². The van der Waals surface area contributed by atoms with Gasteiger partial charge in [0.15, 0.2) is 0 Å². The maximum atomic E-state index is 11.8. The van der Waals surface area contributed by atoms with E-state index in [1.807, 2.05) is 13.0 Å². The lowest BCUT2D eigenvalue weighted by Gasteiger charge is -2.00. The third kappa shape index (κ3) is 1.81. The molecule has 0 aliphatic rings. The number of benzene rings is 1. The minimum Gasteiger partial charge on any atom is -0.393 e. The van der Waals surface area contributed by atoms with Crippen LogP contribution >= 0.6 is 0 Å². The second-order valence-electron chi connectivity index (χ2n) is 3.66. The summed E-state index contributed by atoms with van der Waals surface area (Å²) >= 11 is 0. The van der Waals surface area contributed by atoms with Crippen molar-refractivity contribution in [3.63, 3.8) is 0 Å². The van der Waals surface area contributed by atoms with Crippen LogP contribution in [0.1, 0.15) is 18.2 Å². The average molecular weight is 228 g/mol. The third-order valence-electron chi connectivity index (χ3n) is 2.61. The Morgan fingerprint density at radius 2 is 2.06 bits per heavy atom. The van der Waals surface area contributed by atoms with Gasteiger partial charge in [0, 0.05) is 0 Å². The van der Waals surface area contributed by atoms with Gasteiger partial charge in [0.1, 0.15) is 5.69 Å². The summed E-state index contributed by atoms with van der Waals surface area (Å²) in [6.07, 6.45) is 0.671. The molecule has 0 saturated carbocycles. The van der Waals surface area contributed by atoms with Gasteiger partial charge in [-0.1, -0.05) is 6.92 Å². The molecule has 86 valence electrons. The number of hydrogen-bond donors (Lipinski definition) is 2. The lowest BCUT2D eigenvalue weighted by atomic mass is 10.2. The molecule has 1 aromatic heterocycles. The highest BCUT2D eigenvalue weighted by Crippen LogP contribution is 2.10. The number of hydrogen-bond acceptors (Lipinski definition) is 3. The van der Waals surface area contributed by atoms with E-state index in [1.165, 1.54) is 4.68 Å². The minimum absolute atomic E-state index is 0.247. The first-order valence-electron chi connectivity index (χ1n) is 5.27. The molecule has 5 heteroatoms. The largest absolute Gasteiger partial charge is 0.393 e. The predicted octanol–water partition coefficient (Wildman–Crippen LogP) is 1.18. The lowest BCUT2D eigenvalue weighted by Crippen LogP contribution is -2.16. The Morgan fingerprint density at radius 1 is 1.41 bits per heavy atom. The number of nitrogens with two attached hydrogens (primary N) is 1. The fourth-order valence-corrected chi connectivity index (χ4v) is 1.63. The number of rotatable bonds is 2. The third-order valence-corrected chi connectivity index (χ3v) is 2.61. The van der Waals surface area contributed by atoms with E-state index in [2.05, 4.69) is 5.10 Å². The number of H-pyrrole nitrogens is 1. The van der Waals surface area contributed by atoms with Crippen LogP contribution in [0, 0.1) is 11.3 Å². The summed E-state index contributed by atoms with van der Waals surface area (Å²) in [6, 6.07) is 8.75. The number of aryl methyl sites for hydroxylation is 1. The molecule has 0 atom stereocenters. The summed E-state index contributed by atoms with van der Waals surface area (Å²) in [5.74, 6) is 0. The van der Waals surface area contributed by atoms with Crippen molar-refractivity contribution >= 4 is 5.69 Å². The van der Waals surface area contributed by atoms with E-state index in [9.17, 15) is 4.79 Å². The summed E-state index contributed by atoms with van der Waals surface area (Å²) < 4.78 is 1.38. The molecular formula is C12H12N4O. The quantitative estimate of drug-likeness (QED) is 0.809. The second kappa shape index (κ2) is 4.18. The first kappa shape index (κ1) is 11.0. The molecule has 3 N–H and O–H groups in total. The Bertz CT molecular complexity index is 628. The van der Waals surface area contributed by atoms with Crippen LogP contribution in [0.25, 0.3) is 5.69 Å². The Morgan fingerprint density at radius 3 is 2.53 bits per heavy atom. The van der Waals surface area contributed by atoms with Crippen molar-refractivity contribution in [2.75, 3.05) is 5.73 Å². The van der Waals surface area contributed by atoms with E-state index in [4.69, 9.17) is 11.0 Å². The van der Waals surface area contributed by atoms with Crippen LogP contribution in [0.2, 0.25) is 0 Å². The molecule has 1 heterocycles. The van der Waals surface area contributed by atoms with Gasteiger partial charge in [-0.15, -0.1) is 0 Å². The first-order valence-corrected chi connectivity index (χ1v) is 5.27. The number of nitrogen functional groups attached to an aromatic ring is 1. The topological polar surface area (TPSA) is 87.6 Å². The Labute approximate surface area is 98.1 Å². The zero-order valence-electron chi connectivity index (χ0n) is 9.40. The maximum absolute atomic E-state index is 11.8. The fraction of sp³-hybridized carbons (Fsp3) is 0.167. The van der Waals surface area contributed by atoms with Crippen LogP contribution < -0.4 is 11.3 Å². The van der Waals surface area contributed by atoms with E-state index in [1.54, 1.807) is 24.3 Å².